The number of hydrogen-bond donors (Lipinski definition) is 1. The third-order valence-electron chi connectivity index (χ3n) is 6.65. The topological polar surface area (TPSA) is 112 Å². The van der Waals surface area contributed by atoms with Crippen molar-refractivity contribution in [3.05, 3.63) is 28.3 Å². The number of aryl methyl sites for hydroxylation is 2. The van der Waals surface area contributed by atoms with Gasteiger partial charge in [0, 0.05) is 20.4 Å². The second-order valence-corrected chi connectivity index (χ2v) is 18.2. The van der Waals surface area contributed by atoms with E-state index in [-0.39, 0.29) is 18.3 Å². The molecule has 2 aromatic rings. The molecule has 0 saturated carbocycles. The van der Waals surface area contributed by atoms with Crippen molar-refractivity contribution in [1.82, 2.24) is 14.8 Å². The monoisotopic (exact) mass is 520 g/mol. The first kappa shape index (κ1) is 25.8. The van der Waals surface area contributed by atoms with E-state index in [0.717, 1.165) is 50.3 Å². The fraction of sp³-hybridized carbons (Fsp3) is 0.625. The SMILES string of the molecule is COC(=O)CCS(=O)(=O)c1nc(Nc2c3c(cc4c2CCC4)CCC3)n(COCC[Si](C)(C)C)n1. The molecule has 0 fully saturated rings. The highest BCUT2D eigenvalue weighted by molar-refractivity contribution is 7.91. The van der Waals surface area contributed by atoms with Crippen LogP contribution in [0.5, 0.6) is 0 Å². The first-order valence-electron chi connectivity index (χ1n) is 12.3. The molecule has 192 valence electrons. The molecular weight excluding hydrogens is 484 g/mol. The quantitative estimate of drug-likeness (QED) is 0.271. The number of ether oxygens (including phenoxy) is 2. The van der Waals surface area contributed by atoms with Gasteiger partial charge in [-0.3, -0.25) is 4.79 Å². The Hall–Kier alpha value is -2.24. The van der Waals surface area contributed by atoms with Gasteiger partial charge in [0.1, 0.15) is 6.73 Å². The normalized spacial score (nSPS) is 15.2. The van der Waals surface area contributed by atoms with Crippen molar-refractivity contribution in [2.75, 3.05) is 24.8 Å². The lowest BCUT2D eigenvalue weighted by Crippen LogP contribution is -2.22. The van der Waals surface area contributed by atoms with Gasteiger partial charge in [0.05, 0.1) is 19.3 Å². The fourth-order valence-electron chi connectivity index (χ4n) is 4.65. The Balaban J connectivity index is 1.63. The minimum atomic E-state index is -3.87. The molecule has 2 aliphatic carbocycles. The van der Waals surface area contributed by atoms with Crippen LogP contribution in [0.3, 0.4) is 0 Å². The van der Waals surface area contributed by atoms with Crippen molar-refractivity contribution in [3.8, 4) is 0 Å². The van der Waals surface area contributed by atoms with E-state index < -0.39 is 29.6 Å². The zero-order valence-corrected chi connectivity index (χ0v) is 23.0. The van der Waals surface area contributed by atoms with Crippen LogP contribution in [-0.2, 0) is 56.5 Å². The Kier molecular flexibility index (Phi) is 7.67. The standard InChI is InChI=1S/C24H36N4O5SSi/c1-32-21(29)11-13-34(30,31)24-26-23(28(27-24)16-33-12-14-35(2,3)4)25-22-19-9-5-7-17(19)15-18-8-6-10-20(18)22/h15H,5-14,16H2,1-4H3,(H,25,26,27). The number of nitrogens with one attached hydrogen (secondary N) is 1. The van der Waals surface area contributed by atoms with E-state index in [4.69, 9.17) is 4.74 Å². The van der Waals surface area contributed by atoms with Crippen LogP contribution in [0.15, 0.2) is 11.2 Å². The molecule has 9 nitrogen and oxygen atoms in total. The molecule has 0 aliphatic heterocycles. The van der Waals surface area contributed by atoms with Crippen molar-refractivity contribution in [1.29, 1.82) is 0 Å². The van der Waals surface area contributed by atoms with Crippen LogP contribution < -0.4 is 5.32 Å². The first-order chi connectivity index (χ1) is 16.6. The number of carbonyl (C=O) groups is 1. The predicted molar refractivity (Wildman–Crippen MR) is 137 cm³/mol. The molecule has 0 radical (unpaired) electrons. The van der Waals surface area contributed by atoms with Crippen LogP contribution in [0.1, 0.15) is 41.5 Å². The van der Waals surface area contributed by atoms with Gasteiger partial charge in [-0.15, -0.1) is 5.10 Å². The summed E-state index contributed by atoms with van der Waals surface area (Å²) in [5, 5.41) is 7.45. The number of methoxy groups -OCH3 is 1. The van der Waals surface area contributed by atoms with Gasteiger partial charge in [-0.05, 0) is 66.8 Å². The lowest BCUT2D eigenvalue weighted by atomic mass is 9.99. The average Bonchev–Trinajstić information content (AvgIpc) is 3.54. The molecule has 0 atom stereocenters. The van der Waals surface area contributed by atoms with Gasteiger partial charge in [0.25, 0.3) is 5.16 Å². The summed E-state index contributed by atoms with van der Waals surface area (Å²) in [5.41, 5.74) is 6.40. The van der Waals surface area contributed by atoms with Gasteiger partial charge in [-0.2, -0.15) is 4.98 Å². The Bertz CT molecular complexity index is 1170. The number of carbonyl (C=O) groups excluding carboxylic acids is 1. The van der Waals surface area contributed by atoms with Gasteiger partial charge >= 0.3 is 5.97 Å². The highest BCUT2D eigenvalue weighted by Crippen LogP contribution is 2.39. The number of esters is 1. The summed E-state index contributed by atoms with van der Waals surface area (Å²) in [6, 6.07) is 3.34. The van der Waals surface area contributed by atoms with E-state index in [1.165, 1.54) is 34.0 Å². The van der Waals surface area contributed by atoms with Gasteiger partial charge < -0.3 is 14.8 Å². The predicted octanol–water partition coefficient (Wildman–Crippen LogP) is 3.65. The second kappa shape index (κ2) is 10.4. The molecule has 0 unspecified atom stereocenters. The van der Waals surface area contributed by atoms with Crippen LogP contribution in [0, 0.1) is 0 Å². The third kappa shape index (κ3) is 6.12. The number of benzene rings is 1. The molecule has 0 saturated heterocycles. The number of hydrogen-bond acceptors (Lipinski definition) is 8. The Morgan fingerprint density at radius 1 is 1.11 bits per heavy atom. The lowest BCUT2D eigenvalue weighted by Gasteiger charge is -2.18. The van der Waals surface area contributed by atoms with Gasteiger partial charge in [-0.1, -0.05) is 25.7 Å². The van der Waals surface area contributed by atoms with Crippen molar-refractivity contribution in [3.63, 3.8) is 0 Å². The molecule has 1 aromatic carbocycles. The Morgan fingerprint density at radius 3 is 2.37 bits per heavy atom. The number of rotatable bonds is 11. The molecule has 4 rings (SSSR count). The van der Waals surface area contributed by atoms with Crippen molar-refractivity contribution in [2.45, 2.75) is 82.5 Å². The third-order valence-corrected chi connectivity index (χ3v) is 9.83. The van der Waals surface area contributed by atoms with Crippen LogP contribution in [0.2, 0.25) is 25.7 Å². The largest absolute Gasteiger partial charge is 0.469 e. The van der Waals surface area contributed by atoms with E-state index in [2.05, 4.69) is 45.8 Å². The Morgan fingerprint density at radius 2 is 1.77 bits per heavy atom. The maximum Gasteiger partial charge on any atom is 0.306 e. The number of fused-ring (bicyclic) bond motifs is 2. The van der Waals surface area contributed by atoms with Crippen molar-refractivity contribution < 1.29 is 22.7 Å². The summed E-state index contributed by atoms with van der Waals surface area (Å²) in [6.07, 6.45) is 6.11. The zero-order valence-electron chi connectivity index (χ0n) is 21.1. The molecule has 1 aromatic heterocycles. The number of aromatic nitrogens is 3. The average molecular weight is 521 g/mol. The maximum absolute atomic E-state index is 12.9. The van der Waals surface area contributed by atoms with E-state index in [1.807, 2.05) is 0 Å². The molecule has 0 amide bonds. The summed E-state index contributed by atoms with van der Waals surface area (Å²) in [5.74, 6) is -0.643. The highest BCUT2D eigenvalue weighted by atomic mass is 32.2. The summed E-state index contributed by atoms with van der Waals surface area (Å²) >= 11 is 0. The summed E-state index contributed by atoms with van der Waals surface area (Å²) in [7, 11) is -3.90. The smallest absolute Gasteiger partial charge is 0.306 e. The molecule has 35 heavy (non-hydrogen) atoms. The van der Waals surface area contributed by atoms with Crippen LogP contribution in [0.4, 0.5) is 11.6 Å². The highest BCUT2D eigenvalue weighted by Gasteiger charge is 2.28. The van der Waals surface area contributed by atoms with Crippen LogP contribution in [0.25, 0.3) is 0 Å². The second-order valence-electron chi connectivity index (χ2n) is 10.6. The molecule has 1 N–H and O–H groups in total. The molecule has 2 aliphatic rings. The molecule has 1 heterocycles. The van der Waals surface area contributed by atoms with E-state index in [1.54, 1.807) is 0 Å². The van der Waals surface area contributed by atoms with Crippen molar-refractivity contribution >= 4 is 35.5 Å². The molecular formula is C24H36N4O5SSi. The van der Waals surface area contributed by atoms with Gasteiger partial charge in [0.15, 0.2) is 0 Å². The lowest BCUT2D eigenvalue weighted by molar-refractivity contribution is -0.140. The van der Waals surface area contributed by atoms with Gasteiger partial charge in [0.2, 0.25) is 15.8 Å². The number of sulfone groups is 1. The fourth-order valence-corrected chi connectivity index (χ4v) is 6.48. The van der Waals surface area contributed by atoms with Crippen molar-refractivity contribution in [2.24, 2.45) is 0 Å². The summed E-state index contributed by atoms with van der Waals surface area (Å²) in [4.78, 5) is 15.9. The summed E-state index contributed by atoms with van der Waals surface area (Å²) < 4.78 is 37.8. The molecule has 11 heteroatoms. The van der Waals surface area contributed by atoms with Crippen LogP contribution >= 0.6 is 0 Å². The van der Waals surface area contributed by atoms with E-state index in [0.29, 0.717) is 12.6 Å². The zero-order chi connectivity index (χ0) is 25.2. The molecule has 0 spiro atoms. The van der Waals surface area contributed by atoms with E-state index >= 15 is 0 Å². The minimum absolute atomic E-state index is 0.101. The number of nitrogens with zero attached hydrogens (tertiary/aromatic N) is 3. The Labute approximate surface area is 208 Å². The van der Waals surface area contributed by atoms with E-state index in [9.17, 15) is 13.2 Å². The van der Waals surface area contributed by atoms with Crippen LogP contribution in [-0.4, -0.2) is 56.7 Å². The van der Waals surface area contributed by atoms with Gasteiger partial charge in [-0.25, -0.2) is 13.1 Å². The maximum atomic E-state index is 12.9. The minimum Gasteiger partial charge on any atom is -0.469 e. The molecule has 0 bridgehead atoms. The first-order valence-corrected chi connectivity index (χ1v) is 17.7. The number of anilines is 2. The summed E-state index contributed by atoms with van der Waals surface area (Å²) in [6.45, 7) is 7.52.